The van der Waals surface area contributed by atoms with E-state index in [2.05, 4.69) is 21.4 Å². The summed E-state index contributed by atoms with van der Waals surface area (Å²) in [6.45, 7) is 1.61. The van der Waals surface area contributed by atoms with Gasteiger partial charge in [0.15, 0.2) is 11.6 Å². The molecule has 3 aromatic rings. The van der Waals surface area contributed by atoms with Gasteiger partial charge in [-0.1, -0.05) is 18.2 Å². The minimum atomic E-state index is -0.126. The standard InChI is InChI=1S/C25H26FN5O/c1-28-8-10-32-24-23(29-15-30-25(24)27)18-3-2-4-20(12-18)31-9-7-17-11-19(16-5-6-16)13-22(26)21(17)14-31/h2-4,7,9,11-13,15-16,28H,5-6,8,10,14H2,1H3,(H2,27,29,30). The van der Waals surface area contributed by atoms with Crippen molar-refractivity contribution in [3.05, 3.63) is 71.4 Å². The lowest BCUT2D eigenvalue weighted by atomic mass is 9.98. The van der Waals surface area contributed by atoms with Gasteiger partial charge in [0.05, 0.1) is 6.54 Å². The summed E-state index contributed by atoms with van der Waals surface area (Å²) in [7, 11) is 1.86. The van der Waals surface area contributed by atoms with E-state index < -0.39 is 0 Å². The fraction of sp³-hybridized carbons (Fsp3) is 0.280. The summed E-state index contributed by atoms with van der Waals surface area (Å²) in [5.41, 5.74) is 11.3. The van der Waals surface area contributed by atoms with Crippen LogP contribution in [0.1, 0.15) is 35.4 Å². The first-order valence-corrected chi connectivity index (χ1v) is 10.9. The Morgan fingerprint density at radius 2 is 2.09 bits per heavy atom. The number of nitrogens with one attached hydrogen (secondary N) is 1. The monoisotopic (exact) mass is 431 g/mol. The molecule has 0 bridgehead atoms. The Labute approximate surface area is 186 Å². The minimum absolute atomic E-state index is 0.126. The molecule has 2 heterocycles. The molecule has 0 unspecified atom stereocenters. The molecule has 1 saturated carbocycles. The lowest BCUT2D eigenvalue weighted by Gasteiger charge is -2.27. The molecule has 1 aliphatic carbocycles. The number of halogens is 1. The highest BCUT2D eigenvalue weighted by Crippen LogP contribution is 2.42. The van der Waals surface area contributed by atoms with E-state index in [-0.39, 0.29) is 5.82 Å². The van der Waals surface area contributed by atoms with E-state index in [4.69, 9.17) is 10.5 Å². The number of anilines is 2. The van der Waals surface area contributed by atoms with Crippen molar-refractivity contribution < 1.29 is 9.13 Å². The zero-order valence-electron chi connectivity index (χ0n) is 18.0. The van der Waals surface area contributed by atoms with Crippen LogP contribution in [0.5, 0.6) is 5.75 Å². The van der Waals surface area contributed by atoms with Crippen LogP contribution >= 0.6 is 0 Å². The minimum Gasteiger partial charge on any atom is -0.486 e. The van der Waals surface area contributed by atoms with Gasteiger partial charge in [-0.2, -0.15) is 0 Å². The van der Waals surface area contributed by atoms with Gasteiger partial charge in [-0.05, 0) is 61.2 Å². The summed E-state index contributed by atoms with van der Waals surface area (Å²) in [6, 6.07) is 11.8. The van der Waals surface area contributed by atoms with Crippen molar-refractivity contribution in [2.75, 3.05) is 30.8 Å². The summed E-state index contributed by atoms with van der Waals surface area (Å²) >= 11 is 0. The molecule has 5 rings (SSSR count). The molecule has 32 heavy (non-hydrogen) atoms. The van der Waals surface area contributed by atoms with E-state index in [1.54, 1.807) is 6.07 Å². The van der Waals surface area contributed by atoms with Crippen molar-refractivity contribution in [3.8, 4) is 17.0 Å². The van der Waals surface area contributed by atoms with Crippen LogP contribution < -0.4 is 20.7 Å². The lowest BCUT2D eigenvalue weighted by Crippen LogP contribution is -2.20. The van der Waals surface area contributed by atoms with Crippen molar-refractivity contribution in [2.45, 2.75) is 25.3 Å². The molecule has 2 aromatic carbocycles. The molecule has 6 nitrogen and oxygen atoms in total. The van der Waals surface area contributed by atoms with Crippen molar-refractivity contribution in [1.29, 1.82) is 0 Å². The van der Waals surface area contributed by atoms with Crippen LogP contribution in [-0.4, -0.2) is 30.2 Å². The maximum Gasteiger partial charge on any atom is 0.187 e. The van der Waals surface area contributed by atoms with Crippen LogP contribution in [0.15, 0.2) is 48.9 Å². The molecule has 2 aliphatic rings. The van der Waals surface area contributed by atoms with Crippen LogP contribution in [0.3, 0.4) is 0 Å². The third-order valence-electron chi connectivity index (χ3n) is 5.94. The predicted octanol–water partition coefficient (Wildman–Crippen LogP) is 4.33. The zero-order chi connectivity index (χ0) is 22.1. The molecular weight excluding hydrogens is 405 g/mol. The summed E-state index contributed by atoms with van der Waals surface area (Å²) in [5.74, 6) is 1.18. The van der Waals surface area contributed by atoms with Gasteiger partial charge in [0.1, 0.15) is 24.4 Å². The van der Waals surface area contributed by atoms with Crippen LogP contribution in [0.4, 0.5) is 15.9 Å². The van der Waals surface area contributed by atoms with Crippen LogP contribution in [0, 0.1) is 5.82 Å². The molecule has 0 saturated heterocycles. The maximum absolute atomic E-state index is 14.9. The number of nitrogens with two attached hydrogens (primary N) is 1. The highest BCUT2D eigenvalue weighted by Gasteiger charge is 2.26. The first-order valence-electron chi connectivity index (χ1n) is 10.9. The van der Waals surface area contributed by atoms with Gasteiger partial charge in [0.2, 0.25) is 0 Å². The van der Waals surface area contributed by atoms with Crippen molar-refractivity contribution in [2.24, 2.45) is 0 Å². The Morgan fingerprint density at radius 3 is 2.91 bits per heavy atom. The topological polar surface area (TPSA) is 76.3 Å². The molecule has 0 atom stereocenters. The van der Waals surface area contributed by atoms with Gasteiger partial charge in [-0.25, -0.2) is 14.4 Å². The largest absolute Gasteiger partial charge is 0.486 e. The molecule has 3 N–H and O–H groups in total. The summed E-state index contributed by atoms with van der Waals surface area (Å²) in [5, 5.41) is 3.04. The number of aromatic nitrogens is 2. The average molecular weight is 432 g/mol. The smallest absolute Gasteiger partial charge is 0.187 e. The lowest BCUT2D eigenvalue weighted by molar-refractivity contribution is 0.319. The average Bonchev–Trinajstić information content (AvgIpc) is 3.66. The van der Waals surface area contributed by atoms with E-state index in [1.807, 2.05) is 48.5 Å². The Bertz CT molecular complexity index is 1170. The molecule has 7 heteroatoms. The van der Waals surface area contributed by atoms with Gasteiger partial charge >= 0.3 is 0 Å². The number of ether oxygens (including phenoxy) is 1. The van der Waals surface area contributed by atoms with E-state index in [9.17, 15) is 4.39 Å². The SMILES string of the molecule is CNCCOc1c(N)ncnc1-c1cccc(N2C=Cc3cc(C4CC4)cc(F)c3C2)c1. The molecule has 1 aliphatic heterocycles. The van der Waals surface area contributed by atoms with Crippen LogP contribution in [0.2, 0.25) is 0 Å². The van der Waals surface area contributed by atoms with Gasteiger partial charge < -0.3 is 20.7 Å². The number of nitrogens with zero attached hydrogens (tertiary/aromatic N) is 3. The van der Waals surface area contributed by atoms with Crippen molar-refractivity contribution >= 4 is 17.6 Å². The molecule has 164 valence electrons. The number of fused-ring (bicyclic) bond motifs is 1. The highest BCUT2D eigenvalue weighted by molar-refractivity contribution is 5.75. The number of benzene rings is 2. The van der Waals surface area contributed by atoms with Gasteiger partial charge in [0, 0.05) is 29.6 Å². The van der Waals surface area contributed by atoms with E-state index >= 15 is 0 Å². The summed E-state index contributed by atoms with van der Waals surface area (Å²) in [4.78, 5) is 10.5. The number of hydrogen-bond acceptors (Lipinski definition) is 6. The normalized spacial score (nSPS) is 15.0. The number of hydrogen-bond donors (Lipinski definition) is 2. The Morgan fingerprint density at radius 1 is 1.22 bits per heavy atom. The number of nitrogen functional groups attached to an aromatic ring is 1. The molecule has 0 radical (unpaired) electrons. The molecular formula is C25H26FN5O. The molecule has 1 fully saturated rings. The quantitative estimate of drug-likeness (QED) is 0.542. The summed E-state index contributed by atoms with van der Waals surface area (Å²) < 4.78 is 20.7. The van der Waals surface area contributed by atoms with Crippen LogP contribution in [-0.2, 0) is 6.54 Å². The van der Waals surface area contributed by atoms with Gasteiger partial charge in [0.25, 0.3) is 0 Å². The van der Waals surface area contributed by atoms with E-state index in [0.717, 1.165) is 40.8 Å². The first kappa shape index (κ1) is 20.5. The Balaban J connectivity index is 1.44. The van der Waals surface area contributed by atoms with E-state index in [0.29, 0.717) is 42.9 Å². The van der Waals surface area contributed by atoms with Gasteiger partial charge in [-0.15, -0.1) is 0 Å². The maximum atomic E-state index is 14.9. The Hall–Kier alpha value is -3.45. The molecule has 1 aromatic heterocycles. The summed E-state index contributed by atoms with van der Waals surface area (Å²) in [6.07, 6.45) is 7.77. The predicted molar refractivity (Wildman–Crippen MR) is 125 cm³/mol. The van der Waals surface area contributed by atoms with Crippen LogP contribution in [0.25, 0.3) is 17.3 Å². The second-order valence-corrected chi connectivity index (χ2v) is 8.23. The van der Waals surface area contributed by atoms with Crippen molar-refractivity contribution in [1.82, 2.24) is 15.3 Å². The second kappa shape index (κ2) is 8.59. The highest BCUT2D eigenvalue weighted by atomic mass is 19.1. The fourth-order valence-corrected chi connectivity index (χ4v) is 4.04. The zero-order valence-corrected chi connectivity index (χ0v) is 18.0. The van der Waals surface area contributed by atoms with Crippen molar-refractivity contribution in [3.63, 3.8) is 0 Å². The fourth-order valence-electron chi connectivity index (χ4n) is 4.04. The Kier molecular flexibility index (Phi) is 5.49. The number of likely N-dealkylation sites (N-methyl/N-ethyl adjacent to an activating group) is 1. The third kappa shape index (κ3) is 4.03. The second-order valence-electron chi connectivity index (χ2n) is 8.23. The van der Waals surface area contributed by atoms with E-state index in [1.165, 1.54) is 6.33 Å². The third-order valence-corrected chi connectivity index (χ3v) is 5.94. The van der Waals surface area contributed by atoms with Gasteiger partial charge in [-0.3, -0.25) is 0 Å². The first-order chi connectivity index (χ1) is 15.6. The molecule has 0 spiro atoms. The number of rotatable bonds is 7. The molecule has 0 amide bonds.